The summed E-state index contributed by atoms with van der Waals surface area (Å²) in [4.78, 5) is 0. The lowest BCUT2D eigenvalue weighted by molar-refractivity contribution is 1.14. The maximum atomic E-state index is 6.00. The summed E-state index contributed by atoms with van der Waals surface area (Å²) in [7, 11) is 0. The summed E-state index contributed by atoms with van der Waals surface area (Å²) in [6.07, 6.45) is 0.937. The molecule has 0 bridgehead atoms. The second kappa shape index (κ2) is 2.99. The van der Waals surface area contributed by atoms with Crippen LogP contribution in [0.15, 0.2) is 12.1 Å². The highest BCUT2D eigenvalue weighted by Gasteiger charge is 2.03. The van der Waals surface area contributed by atoms with Crippen LogP contribution in [0.25, 0.3) is 11.0 Å². The third-order valence-electron chi connectivity index (χ3n) is 1.80. The van der Waals surface area contributed by atoms with E-state index < -0.39 is 0 Å². The predicted molar refractivity (Wildman–Crippen MR) is 51.8 cm³/mol. The Morgan fingerprint density at radius 3 is 2.67 bits per heavy atom. The molecule has 2 nitrogen and oxygen atoms in total. The lowest BCUT2D eigenvalue weighted by Gasteiger charge is -1.98. The summed E-state index contributed by atoms with van der Waals surface area (Å²) in [5, 5.41) is 0.790. The van der Waals surface area contributed by atoms with Crippen LogP contribution in [0.5, 0.6) is 0 Å². The van der Waals surface area contributed by atoms with Gasteiger partial charge in [-0.1, -0.05) is 18.5 Å². The monoisotopic (exact) mass is 198 g/mol. The molecule has 2 rings (SSSR count). The lowest BCUT2D eigenvalue weighted by atomic mass is 10.1. The highest BCUT2D eigenvalue weighted by Crippen LogP contribution is 2.22. The molecule has 1 aromatic carbocycles. The molecule has 12 heavy (non-hydrogen) atoms. The Morgan fingerprint density at radius 2 is 2.00 bits per heavy atom. The topological polar surface area (TPSA) is 25.8 Å². The van der Waals surface area contributed by atoms with Gasteiger partial charge in [0.25, 0.3) is 0 Å². The average Bonchev–Trinajstić information content (AvgIpc) is 2.49. The van der Waals surface area contributed by atoms with E-state index in [9.17, 15) is 0 Å². The quantitative estimate of drug-likeness (QED) is 0.704. The van der Waals surface area contributed by atoms with Crippen molar-refractivity contribution in [3.05, 3.63) is 22.7 Å². The summed E-state index contributed by atoms with van der Waals surface area (Å²) < 4.78 is 8.24. The fourth-order valence-corrected chi connectivity index (χ4v) is 1.92. The summed E-state index contributed by atoms with van der Waals surface area (Å²) >= 11 is 7.22. The van der Waals surface area contributed by atoms with Crippen molar-refractivity contribution in [2.75, 3.05) is 0 Å². The van der Waals surface area contributed by atoms with Crippen LogP contribution in [0, 0.1) is 0 Å². The third kappa shape index (κ3) is 1.19. The van der Waals surface area contributed by atoms with Gasteiger partial charge in [0, 0.05) is 5.02 Å². The van der Waals surface area contributed by atoms with E-state index in [2.05, 4.69) is 15.7 Å². The van der Waals surface area contributed by atoms with Gasteiger partial charge in [0.2, 0.25) is 0 Å². The number of nitrogens with zero attached hydrogens (tertiary/aromatic N) is 2. The molecule has 0 aliphatic heterocycles. The van der Waals surface area contributed by atoms with E-state index in [1.165, 1.54) is 11.7 Å². The van der Waals surface area contributed by atoms with E-state index in [1.807, 2.05) is 12.1 Å². The van der Waals surface area contributed by atoms with Crippen LogP contribution in [-0.2, 0) is 6.42 Å². The standard InChI is InChI=1S/C8H7ClN2S/c1-2-5-3-7-8(4-6(5)9)11-12-10-7/h3-4H,2H2,1H3. The van der Waals surface area contributed by atoms with Crippen molar-refractivity contribution in [1.29, 1.82) is 0 Å². The lowest BCUT2D eigenvalue weighted by Crippen LogP contribution is -1.82. The van der Waals surface area contributed by atoms with Gasteiger partial charge < -0.3 is 0 Å². The molecule has 0 N–H and O–H groups in total. The molecule has 0 aliphatic carbocycles. The molecule has 1 aromatic heterocycles. The van der Waals surface area contributed by atoms with Crippen LogP contribution in [0.2, 0.25) is 5.02 Å². The molecule has 62 valence electrons. The van der Waals surface area contributed by atoms with Gasteiger partial charge in [-0.3, -0.25) is 0 Å². The molecule has 0 aliphatic rings. The molecule has 0 saturated heterocycles. The Bertz CT molecular complexity index is 410. The van der Waals surface area contributed by atoms with E-state index in [4.69, 9.17) is 11.6 Å². The van der Waals surface area contributed by atoms with E-state index in [0.29, 0.717) is 0 Å². The molecule has 0 radical (unpaired) electrons. The van der Waals surface area contributed by atoms with Crippen LogP contribution in [0.1, 0.15) is 12.5 Å². The Balaban J connectivity index is 2.73. The van der Waals surface area contributed by atoms with Crippen molar-refractivity contribution < 1.29 is 0 Å². The predicted octanol–water partition coefficient (Wildman–Crippen LogP) is 2.91. The molecule has 0 spiro atoms. The first-order chi connectivity index (χ1) is 5.81. The summed E-state index contributed by atoms with van der Waals surface area (Å²) in [6, 6.07) is 3.88. The molecule has 0 fully saturated rings. The molecule has 0 unspecified atom stereocenters. The average molecular weight is 199 g/mol. The van der Waals surface area contributed by atoms with Crippen LogP contribution in [-0.4, -0.2) is 8.75 Å². The Labute approximate surface area is 79.5 Å². The number of benzene rings is 1. The van der Waals surface area contributed by atoms with Gasteiger partial charge in [-0.15, -0.1) is 0 Å². The number of halogens is 1. The number of fused-ring (bicyclic) bond motifs is 1. The van der Waals surface area contributed by atoms with Gasteiger partial charge >= 0.3 is 0 Å². The van der Waals surface area contributed by atoms with E-state index >= 15 is 0 Å². The van der Waals surface area contributed by atoms with Crippen molar-refractivity contribution in [1.82, 2.24) is 8.75 Å². The summed E-state index contributed by atoms with van der Waals surface area (Å²) in [6.45, 7) is 2.08. The SMILES string of the molecule is CCc1cc2nsnc2cc1Cl. The van der Waals surface area contributed by atoms with Crippen molar-refractivity contribution in [3.8, 4) is 0 Å². The maximum Gasteiger partial charge on any atom is 0.106 e. The van der Waals surface area contributed by atoms with Gasteiger partial charge in [0.05, 0.1) is 11.7 Å². The van der Waals surface area contributed by atoms with Crippen molar-refractivity contribution in [3.63, 3.8) is 0 Å². The van der Waals surface area contributed by atoms with Crippen LogP contribution < -0.4 is 0 Å². The van der Waals surface area contributed by atoms with Gasteiger partial charge in [0.1, 0.15) is 11.0 Å². The fourth-order valence-electron chi connectivity index (χ4n) is 1.12. The highest BCUT2D eigenvalue weighted by atomic mass is 35.5. The van der Waals surface area contributed by atoms with Gasteiger partial charge in [0.15, 0.2) is 0 Å². The van der Waals surface area contributed by atoms with Crippen LogP contribution >= 0.6 is 23.3 Å². The minimum absolute atomic E-state index is 0.790. The zero-order chi connectivity index (χ0) is 8.55. The molecule has 0 atom stereocenters. The van der Waals surface area contributed by atoms with Crippen molar-refractivity contribution in [2.45, 2.75) is 13.3 Å². The summed E-state index contributed by atoms with van der Waals surface area (Å²) in [5.41, 5.74) is 2.97. The number of aryl methyl sites for hydroxylation is 1. The van der Waals surface area contributed by atoms with E-state index in [-0.39, 0.29) is 0 Å². The molecule has 2 aromatic rings. The Morgan fingerprint density at radius 1 is 1.33 bits per heavy atom. The fraction of sp³-hybridized carbons (Fsp3) is 0.250. The first kappa shape index (κ1) is 7.95. The maximum absolute atomic E-state index is 6.00. The van der Waals surface area contributed by atoms with Crippen molar-refractivity contribution >= 4 is 34.4 Å². The Hall–Kier alpha value is -0.670. The second-order valence-corrected chi connectivity index (χ2v) is 3.49. The molecule has 1 heterocycles. The molecule has 4 heteroatoms. The van der Waals surface area contributed by atoms with E-state index in [0.717, 1.165) is 28.0 Å². The number of hydrogen-bond acceptors (Lipinski definition) is 3. The third-order valence-corrected chi connectivity index (χ3v) is 2.71. The van der Waals surface area contributed by atoms with E-state index in [1.54, 1.807) is 0 Å². The number of aromatic nitrogens is 2. The number of hydrogen-bond donors (Lipinski definition) is 0. The largest absolute Gasteiger partial charge is 0.173 e. The van der Waals surface area contributed by atoms with Gasteiger partial charge in [-0.25, -0.2) is 0 Å². The molecular formula is C8H7ClN2S. The normalized spacial score (nSPS) is 10.8. The van der Waals surface area contributed by atoms with Crippen LogP contribution in [0.3, 0.4) is 0 Å². The van der Waals surface area contributed by atoms with Crippen molar-refractivity contribution in [2.24, 2.45) is 0 Å². The van der Waals surface area contributed by atoms with Crippen LogP contribution in [0.4, 0.5) is 0 Å². The van der Waals surface area contributed by atoms with Gasteiger partial charge in [-0.05, 0) is 24.1 Å². The first-order valence-corrected chi connectivity index (χ1v) is 4.82. The minimum Gasteiger partial charge on any atom is -0.173 e. The zero-order valence-electron chi connectivity index (χ0n) is 6.54. The highest BCUT2D eigenvalue weighted by molar-refractivity contribution is 7.00. The minimum atomic E-state index is 0.790. The second-order valence-electron chi connectivity index (χ2n) is 2.55. The number of rotatable bonds is 1. The molecular weight excluding hydrogens is 192 g/mol. The smallest absolute Gasteiger partial charge is 0.106 e. The van der Waals surface area contributed by atoms with Gasteiger partial charge in [-0.2, -0.15) is 8.75 Å². The summed E-state index contributed by atoms with van der Waals surface area (Å²) in [5.74, 6) is 0. The first-order valence-electron chi connectivity index (χ1n) is 3.72. The molecule has 0 saturated carbocycles. The Kier molecular flexibility index (Phi) is 1.98. The molecule has 0 amide bonds. The zero-order valence-corrected chi connectivity index (χ0v) is 8.11.